The van der Waals surface area contributed by atoms with Crippen molar-refractivity contribution in [3.63, 3.8) is 0 Å². The van der Waals surface area contributed by atoms with Gasteiger partial charge in [0.05, 0.1) is 5.69 Å². The van der Waals surface area contributed by atoms with Gasteiger partial charge in [0.25, 0.3) is 5.91 Å². The Labute approximate surface area is 167 Å². The van der Waals surface area contributed by atoms with Crippen LogP contribution in [0.1, 0.15) is 38.1 Å². The van der Waals surface area contributed by atoms with Gasteiger partial charge in [-0.25, -0.2) is 4.79 Å². The number of anilines is 1. The molecule has 0 bridgehead atoms. The second-order valence-electron chi connectivity index (χ2n) is 7.93. The van der Waals surface area contributed by atoms with Crippen LogP contribution in [-0.2, 0) is 4.74 Å². The van der Waals surface area contributed by atoms with E-state index in [2.05, 4.69) is 4.74 Å². The summed E-state index contributed by atoms with van der Waals surface area (Å²) in [4.78, 5) is 28.2. The van der Waals surface area contributed by atoms with Crippen LogP contribution < -0.4 is 10.5 Å². The van der Waals surface area contributed by atoms with E-state index in [1.165, 1.54) is 18.2 Å². The van der Waals surface area contributed by atoms with Gasteiger partial charge in [0, 0.05) is 31.2 Å². The molecule has 1 aliphatic rings. The maximum atomic E-state index is 12.8. The fourth-order valence-electron chi connectivity index (χ4n) is 2.89. The molecule has 1 atom stereocenters. The summed E-state index contributed by atoms with van der Waals surface area (Å²) in [6, 6.07) is 3.64. The zero-order valence-electron chi connectivity index (χ0n) is 16.9. The lowest BCUT2D eigenvalue weighted by Crippen LogP contribution is -2.56. The van der Waals surface area contributed by atoms with Crippen molar-refractivity contribution < 1.29 is 32.2 Å². The highest BCUT2D eigenvalue weighted by atomic mass is 19.4. The highest BCUT2D eigenvalue weighted by Gasteiger charge is 2.33. The van der Waals surface area contributed by atoms with E-state index in [0.29, 0.717) is 19.6 Å². The van der Waals surface area contributed by atoms with Gasteiger partial charge in [-0.3, -0.25) is 4.79 Å². The maximum Gasteiger partial charge on any atom is 0.422 e. The summed E-state index contributed by atoms with van der Waals surface area (Å²) in [7, 11) is 0. The van der Waals surface area contributed by atoms with Gasteiger partial charge in [-0.1, -0.05) is 0 Å². The van der Waals surface area contributed by atoms with Crippen molar-refractivity contribution >= 4 is 17.7 Å². The predicted molar refractivity (Wildman–Crippen MR) is 101 cm³/mol. The van der Waals surface area contributed by atoms with Crippen molar-refractivity contribution in [2.75, 3.05) is 32.0 Å². The van der Waals surface area contributed by atoms with Gasteiger partial charge in [0.2, 0.25) is 0 Å². The van der Waals surface area contributed by atoms with Crippen molar-refractivity contribution in [3.05, 3.63) is 23.8 Å². The second kappa shape index (κ2) is 8.38. The Morgan fingerprint density at radius 3 is 2.38 bits per heavy atom. The van der Waals surface area contributed by atoms with Crippen LogP contribution >= 0.6 is 0 Å². The SMILES string of the molecule is C[C@@H]1CN(C(=O)OC(C)(C)C)CCN1C(=O)c1ccc(OCC(F)(F)F)c(N)c1. The van der Waals surface area contributed by atoms with Crippen molar-refractivity contribution in [2.45, 2.75) is 45.5 Å². The Morgan fingerprint density at radius 1 is 1.21 bits per heavy atom. The van der Waals surface area contributed by atoms with Crippen LogP contribution in [0.3, 0.4) is 0 Å². The van der Waals surface area contributed by atoms with Gasteiger partial charge in [0.1, 0.15) is 11.4 Å². The zero-order chi connectivity index (χ0) is 22.0. The molecule has 162 valence electrons. The largest absolute Gasteiger partial charge is 0.482 e. The molecule has 0 radical (unpaired) electrons. The van der Waals surface area contributed by atoms with Crippen molar-refractivity contribution in [1.29, 1.82) is 0 Å². The number of hydrogen-bond acceptors (Lipinski definition) is 5. The smallest absolute Gasteiger partial charge is 0.422 e. The molecule has 1 fully saturated rings. The van der Waals surface area contributed by atoms with E-state index in [-0.39, 0.29) is 28.9 Å². The first-order valence-electron chi connectivity index (χ1n) is 9.15. The van der Waals surface area contributed by atoms with E-state index in [9.17, 15) is 22.8 Å². The van der Waals surface area contributed by atoms with E-state index in [4.69, 9.17) is 10.5 Å². The molecule has 1 aliphatic heterocycles. The Hall–Kier alpha value is -2.65. The molecule has 0 unspecified atom stereocenters. The van der Waals surface area contributed by atoms with Gasteiger partial charge in [-0.15, -0.1) is 0 Å². The average molecular weight is 417 g/mol. The van der Waals surface area contributed by atoms with Gasteiger partial charge < -0.3 is 25.0 Å². The van der Waals surface area contributed by atoms with Gasteiger partial charge in [0.15, 0.2) is 6.61 Å². The van der Waals surface area contributed by atoms with E-state index in [1.807, 2.05) is 0 Å². The summed E-state index contributed by atoms with van der Waals surface area (Å²) < 4.78 is 46.9. The number of ether oxygens (including phenoxy) is 2. The quantitative estimate of drug-likeness (QED) is 0.763. The van der Waals surface area contributed by atoms with E-state index < -0.39 is 24.5 Å². The molecule has 0 aromatic heterocycles. The molecule has 1 saturated heterocycles. The van der Waals surface area contributed by atoms with Crippen molar-refractivity contribution in [2.24, 2.45) is 0 Å². The lowest BCUT2D eigenvalue weighted by Gasteiger charge is -2.40. The topological polar surface area (TPSA) is 85.1 Å². The van der Waals surface area contributed by atoms with Crippen LogP contribution in [0.4, 0.5) is 23.7 Å². The molecule has 1 aromatic rings. The molecule has 0 saturated carbocycles. The normalized spacial score (nSPS) is 17.8. The van der Waals surface area contributed by atoms with Crippen molar-refractivity contribution in [1.82, 2.24) is 9.80 Å². The van der Waals surface area contributed by atoms with E-state index in [1.54, 1.807) is 37.5 Å². The number of hydrogen-bond donors (Lipinski definition) is 1. The molecule has 29 heavy (non-hydrogen) atoms. The monoisotopic (exact) mass is 417 g/mol. The molecule has 7 nitrogen and oxygen atoms in total. The number of halogens is 3. The summed E-state index contributed by atoms with van der Waals surface area (Å²) in [6.45, 7) is 6.59. The second-order valence-corrected chi connectivity index (χ2v) is 7.93. The number of nitrogens with zero attached hydrogens (tertiary/aromatic N) is 2. The fourth-order valence-corrected chi connectivity index (χ4v) is 2.89. The Balaban J connectivity index is 2.02. The minimum atomic E-state index is -4.48. The summed E-state index contributed by atoms with van der Waals surface area (Å²) in [5.74, 6) is -0.461. The average Bonchev–Trinajstić information content (AvgIpc) is 2.57. The minimum Gasteiger partial charge on any atom is -0.482 e. The maximum absolute atomic E-state index is 12.8. The molecule has 2 rings (SSSR count). The number of nitrogens with two attached hydrogens (primary N) is 1. The van der Waals surface area contributed by atoms with Crippen LogP contribution in [0.2, 0.25) is 0 Å². The lowest BCUT2D eigenvalue weighted by molar-refractivity contribution is -0.153. The Morgan fingerprint density at radius 2 is 1.86 bits per heavy atom. The number of carbonyl (C=O) groups excluding carboxylic acids is 2. The highest BCUT2D eigenvalue weighted by molar-refractivity contribution is 5.96. The molecule has 2 amide bonds. The molecule has 0 aliphatic carbocycles. The number of piperazine rings is 1. The number of amides is 2. The third kappa shape index (κ3) is 6.43. The number of alkyl halides is 3. The third-order valence-corrected chi connectivity index (χ3v) is 4.19. The number of rotatable bonds is 3. The van der Waals surface area contributed by atoms with Gasteiger partial charge >= 0.3 is 12.3 Å². The number of benzene rings is 1. The standard InChI is InChI=1S/C19H26F3N3O4/c1-12-10-24(17(27)29-18(2,3)4)7-8-25(12)16(26)13-5-6-15(14(23)9-13)28-11-19(20,21)22/h5-6,9,12H,7-8,10-11,23H2,1-4H3/t12-/m1/s1. The van der Waals surface area contributed by atoms with Crippen molar-refractivity contribution in [3.8, 4) is 5.75 Å². The lowest BCUT2D eigenvalue weighted by atomic mass is 10.1. The van der Waals surface area contributed by atoms with Crippen LogP contribution in [0.5, 0.6) is 5.75 Å². The van der Waals surface area contributed by atoms with E-state index in [0.717, 1.165) is 0 Å². The molecular weight excluding hydrogens is 391 g/mol. The zero-order valence-corrected chi connectivity index (χ0v) is 16.9. The highest BCUT2D eigenvalue weighted by Crippen LogP contribution is 2.26. The van der Waals surface area contributed by atoms with Crippen LogP contribution in [-0.4, -0.2) is 65.9 Å². The molecule has 1 aromatic carbocycles. The van der Waals surface area contributed by atoms with Crippen LogP contribution in [0.25, 0.3) is 0 Å². The molecule has 10 heteroatoms. The molecule has 1 heterocycles. The minimum absolute atomic E-state index is 0.0554. The molecule has 0 spiro atoms. The number of nitrogen functional groups attached to an aromatic ring is 1. The van der Waals surface area contributed by atoms with Gasteiger partial charge in [-0.2, -0.15) is 13.2 Å². The molecule has 2 N–H and O–H groups in total. The Kier molecular flexibility index (Phi) is 6.54. The first-order valence-corrected chi connectivity index (χ1v) is 9.15. The first-order chi connectivity index (χ1) is 13.3. The van der Waals surface area contributed by atoms with Gasteiger partial charge in [-0.05, 0) is 45.9 Å². The first kappa shape index (κ1) is 22.6. The molecular formula is C19H26F3N3O4. The summed E-state index contributed by atoms with van der Waals surface area (Å²) in [6.07, 6.45) is -4.92. The fraction of sp³-hybridized carbons (Fsp3) is 0.579. The van der Waals surface area contributed by atoms with Crippen LogP contribution in [0.15, 0.2) is 18.2 Å². The van der Waals surface area contributed by atoms with Crippen LogP contribution in [0, 0.1) is 0 Å². The van der Waals surface area contributed by atoms with E-state index >= 15 is 0 Å². The Bertz CT molecular complexity index is 762. The third-order valence-electron chi connectivity index (χ3n) is 4.19. The summed E-state index contributed by atoms with van der Waals surface area (Å²) in [5, 5.41) is 0. The number of carbonyl (C=O) groups is 2. The summed E-state index contributed by atoms with van der Waals surface area (Å²) >= 11 is 0. The predicted octanol–water partition coefficient (Wildman–Crippen LogP) is 3.29. The summed E-state index contributed by atoms with van der Waals surface area (Å²) in [5.41, 5.74) is 5.31.